The van der Waals surface area contributed by atoms with E-state index < -0.39 is 0 Å². The van der Waals surface area contributed by atoms with Crippen LogP contribution < -0.4 is 5.32 Å². The van der Waals surface area contributed by atoms with Crippen LogP contribution in [-0.2, 0) is 0 Å². The lowest BCUT2D eigenvalue weighted by Gasteiger charge is -2.31. The zero-order valence-electron chi connectivity index (χ0n) is 11.3. The Bertz CT molecular complexity index is 355. The van der Waals surface area contributed by atoms with Gasteiger partial charge in [0.15, 0.2) is 0 Å². The second kappa shape index (κ2) is 6.55. The molecular weight excluding hydrogens is 244 g/mol. The lowest BCUT2D eigenvalue weighted by Crippen LogP contribution is -2.37. The summed E-state index contributed by atoms with van der Waals surface area (Å²) in [6.45, 7) is 1.17. The van der Waals surface area contributed by atoms with Crippen molar-refractivity contribution >= 4 is 11.6 Å². The van der Waals surface area contributed by atoms with Gasteiger partial charge in [-0.1, -0.05) is 30.2 Å². The highest BCUT2D eigenvalue weighted by Gasteiger charge is 2.21. The summed E-state index contributed by atoms with van der Waals surface area (Å²) in [7, 11) is 4.31. The minimum absolute atomic E-state index is 0.470. The average Bonchev–Trinajstić information content (AvgIpc) is 2.38. The molecule has 0 amide bonds. The van der Waals surface area contributed by atoms with Gasteiger partial charge in [0.05, 0.1) is 0 Å². The molecule has 1 fully saturated rings. The largest absolute Gasteiger partial charge is 0.314 e. The van der Waals surface area contributed by atoms with Crippen molar-refractivity contribution in [3.63, 3.8) is 0 Å². The van der Waals surface area contributed by atoms with Crippen LogP contribution in [0.5, 0.6) is 0 Å². The molecule has 100 valence electrons. The molecule has 0 saturated carbocycles. The van der Waals surface area contributed by atoms with Crippen LogP contribution in [0.4, 0.5) is 0 Å². The lowest BCUT2D eigenvalue weighted by atomic mass is 9.93. The highest BCUT2D eigenvalue weighted by atomic mass is 35.5. The van der Waals surface area contributed by atoms with E-state index in [0.29, 0.717) is 12.1 Å². The number of hydrogen-bond acceptors (Lipinski definition) is 2. The van der Waals surface area contributed by atoms with E-state index in [9.17, 15) is 0 Å². The molecule has 0 aromatic heterocycles. The minimum atomic E-state index is 0.470. The third-order valence-corrected chi connectivity index (χ3v) is 4.05. The predicted molar refractivity (Wildman–Crippen MR) is 78.1 cm³/mol. The maximum atomic E-state index is 5.96. The van der Waals surface area contributed by atoms with Crippen molar-refractivity contribution in [2.24, 2.45) is 0 Å². The molecule has 2 atom stereocenters. The van der Waals surface area contributed by atoms with Crippen molar-refractivity contribution in [1.82, 2.24) is 10.2 Å². The van der Waals surface area contributed by atoms with E-state index in [-0.39, 0.29) is 0 Å². The highest BCUT2D eigenvalue weighted by molar-refractivity contribution is 6.30. The summed E-state index contributed by atoms with van der Waals surface area (Å²) in [4.78, 5) is 2.31. The molecule has 0 aliphatic carbocycles. The third kappa shape index (κ3) is 3.71. The molecule has 2 rings (SSSR count). The van der Waals surface area contributed by atoms with Crippen molar-refractivity contribution < 1.29 is 0 Å². The number of hydrogen-bond donors (Lipinski definition) is 1. The molecule has 1 saturated heterocycles. The van der Waals surface area contributed by atoms with Crippen LogP contribution >= 0.6 is 11.6 Å². The Labute approximate surface area is 115 Å². The molecule has 1 aromatic rings. The monoisotopic (exact) mass is 266 g/mol. The Hall–Kier alpha value is -0.570. The van der Waals surface area contributed by atoms with Crippen LogP contribution in [0.3, 0.4) is 0 Å². The topological polar surface area (TPSA) is 15.3 Å². The van der Waals surface area contributed by atoms with Gasteiger partial charge in [0.1, 0.15) is 0 Å². The zero-order valence-corrected chi connectivity index (χ0v) is 12.1. The summed E-state index contributed by atoms with van der Waals surface area (Å²) in [5, 5.41) is 4.44. The van der Waals surface area contributed by atoms with Gasteiger partial charge in [-0.25, -0.2) is 0 Å². The molecule has 1 aromatic carbocycles. The van der Waals surface area contributed by atoms with Gasteiger partial charge < -0.3 is 10.2 Å². The summed E-state index contributed by atoms with van der Waals surface area (Å²) < 4.78 is 0. The SMILES string of the molecule is CN(C)C(CC1CCCCN1)c1ccc(Cl)cc1. The molecule has 2 unspecified atom stereocenters. The van der Waals surface area contributed by atoms with Gasteiger partial charge in [-0.3, -0.25) is 0 Å². The first-order valence-corrected chi connectivity index (χ1v) is 7.20. The number of nitrogens with zero attached hydrogens (tertiary/aromatic N) is 1. The molecule has 1 aliphatic rings. The van der Waals surface area contributed by atoms with Crippen molar-refractivity contribution in [2.75, 3.05) is 20.6 Å². The van der Waals surface area contributed by atoms with E-state index in [4.69, 9.17) is 11.6 Å². The summed E-state index contributed by atoms with van der Waals surface area (Å²) in [6.07, 6.45) is 5.16. The summed E-state index contributed by atoms with van der Waals surface area (Å²) in [5.41, 5.74) is 1.36. The maximum Gasteiger partial charge on any atom is 0.0406 e. The molecule has 1 N–H and O–H groups in total. The minimum Gasteiger partial charge on any atom is -0.314 e. The van der Waals surface area contributed by atoms with Gasteiger partial charge in [-0.05, 0) is 57.6 Å². The zero-order chi connectivity index (χ0) is 13.0. The summed E-state index contributed by atoms with van der Waals surface area (Å²) >= 11 is 5.96. The average molecular weight is 267 g/mol. The predicted octanol–water partition coefficient (Wildman–Crippen LogP) is 3.47. The Morgan fingerprint density at radius 2 is 2.00 bits per heavy atom. The van der Waals surface area contributed by atoms with E-state index in [0.717, 1.165) is 5.02 Å². The van der Waals surface area contributed by atoms with Crippen molar-refractivity contribution in [1.29, 1.82) is 0 Å². The molecule has 18 heavy (non-hydrogen) atoms. The van der Waals surface area contributed by atoms with Gasteiger partial charge >= 0.3 is 0 Å². The summed E-state index contributed by atoms with van der Waals surface area (Å²) in [5.74, 6) is 0. The Balaban J connectivity index is 2.05. The molecule has 1 aliphatic heterocycles. The third-order valence-electron chi connectivity index (χ3n) is 3.80. The second-order valence-corrected chi connectivity index (χ2v) is 5.85. The molecular formula is C15H23ClN2. The fraction of sp³-hybridized carbons (Fsp3) is 0.600. The molecule has 2 nitrogen and oxygen atoms in total. The molecule has 0 radical (unpaired) electrons. The quantitative estimate of drug-likeness (QED) is 0.898. The standard InChI is InChI=1S/C15H23ClN2/c1-18(2)15(11-14-5-3-4-10-17-14)12-6-8-13(16)9-7-12/h6-9,14-15,17H,3-5,10-11H2,1-2H3. The number of halogens is 1. The Morgan fingerprint density at radius 1 is 1.28 bits per heavy atom. The Kier molecular flexibility index (Phi) is 5.04. The van der Waals surface area contributed by atoms with Crippen LogP contribution in [-0.4, -0.2) is 31.6 Å². The van der Waals surface area contributed by atoms with E-state index in [1.807, 2.05) is 12.1 Å². The van der Waals surface area contributed by atoms with Gasteiger partial charge in [0, 0.05) is 17.1 Å². The number of piperidine rings is 1. The van der Waals surface area contributed by atoms with Crippen LogP contribution in [0.25, 0.3) is 0 Å². The maximum absolute atomic E-state index is 5.96. The van der Waals surface area contributed by atoms with Gasteiger partial charge in [-0.2, -0.15) is 0 Å². The van der Waals surface area contributed by atoms with Crippen LogP contribution in [0.1, 0.15) is 37.3 Å². The smallest absolute Gasteiger partial charge is 0.0406 e. The Morgan fingerprint density at radius 3 is 2.56 bits per heavy atom. The molecule has 3 heteroatoms. The fourth-order valence-electron chi connectivity index (χ4n) is 2.72. The van der Waals surface area contributed by atoms with Crippen molar-refractivity contribution in [2.45, 2.75) is 37.8 Å². The van der Waals surface area contributed by atoms with Crippen LogP contribution in [0.2, 0.25) is 5.02 Å². The number of nitrogens with one attached hydrogen (secondary N) is 1. The van der Waals surface area contributed by atoms with Gasteiger partial charge in [-0.15, -0.1) is 0 Å². The fourth-order valence-corrected chi connectivity index (χ4v) is 2.85. The first kappa shape index (κ1) is 13.9. The van der Waals surface area contributed by atoms with Crippen molar-refractivity contribution in [3.05, 3.63) is 34.9 Å². The van der Waals surface area contributed by atoms with E-state index >= 15 is 0 Å². The molecule has 0 bridgehead atoms. The van der Waals surface area contributed by atoms with Crippen molar-refractivity contribution in [3.8, 4) is 0 Å². The van der Waals surface area contributed by atoms with E-state index in [1.54, 1.807) is 0 Å². The first-order chi connectivity index (χ1) is 8.66. The van der Waals surface area contributed by atoms with E-state index in [2.05, 4.69) is 36.4 Å². The van der Waals surface area contributed by atoms with Crippen LogP contribution in [0.15, 0.2) is 24.3 Å². The number of benzene rings is 1. The summed E-state index contributed by atoms with van der Waals surface area (Å²) in [6, 6.07) is 9.40. The second-order valence-electron chi connectivity index (χ2n) is 5.41. The van der Waals surface area contributed by atoms with E-state index in [1.165, 1.54) is 37.8 Å². The lowest BCUT2D eigenvalue weighted by molar-refractivity contribution is 0.240. The molecule has 1 heterocycles. The van der Waals surface area contributed by atoms with Crippen LogP contribution in [0, 0.1) is 0 Å². The van der Waals surface area contributed by atoms with Gasteiger partial charge in [0.2, 0.25) is 0 Å². The normalized spacial score (nSPS) is 22.1. The number of rotatable bonds is 4. The van der Waals surface area contributed by atoms with Gasteiger partial charge in [0.25, 0.3) is 0 Å². The molecule has 0 spiro atoms. The first-order valence-electron chi connectivity index (χ1n) is 6.82. The highest BCUT2D eigenvalue weighted by Crippen LogP contribution is 2.27.